The molecule has 0 saturated heterocycles. The van der Waals surface area contributed by atoms with Crippen molar-refractivity contribution in [2.45, 2.75) is 12.5 Å². The van der Waals surface area contributed by atoms with Gasteiger partial charge in [-0.15, -0.1) is 0 Å². The van der Waals surface area contributed by atoms with Gasteiger partial charge in [-0.1, -0.05) is 24.3 Å². The van der Waals surface area contributed by atoms with Crippen LogP contribution in [0, 0.1) is 0 Å². The molecule has 1 aromatic carbocycles. The lowest BCUT2D eigenvalue weighted by molar-refractivity contribution is 0.0986. The van der Waals surface area contributed by atoms with Gasteiger partial charge in [0.2, 0.25) is 0 Å². The van der Waals surface area contributed by atoms with Crippen molar-refractivity contribution in [3.8, 4) is 0 Å². The first-order chi connectivity index (χ1) is 7.36. The van der Waals surface area contributed by atoms with Crippen molar-refractivity contribution < 1.29 is 4.79 Å². The highest BCUT2D eigenvalue weighted by atomic mass is 16.1. The highest BCUT2D eigenvalue weighted by molar-refractivity contribution is 6.01. The quantitative estimate of drug-likeness (QED) is 0.688. The number of carbonyl (C=O) groups is 1. The molecule has 0 aliphatic heterocycles. The van der Waals surface area contributed by atoms with E-state index in [2.05, 4.69) is 4.57 Å². The van der Waals surface area contributed by atoms with Crippen LogP contribution in [0.25, 0.3) is 0 Å². The summed E-state index contributed by atoms with van der Waals surface area (Å²) in [6, 6.07) is 12.1. The number of rotatable bonds is 1. The summed E-state index contributed by atoms with van der Waals surface area (Å²) in [5.74, 6) is 0.254. The van der Waals surface area contributed by atoms with E-state index in [0.29, 0.717) is 6.42 Å². The minimum absolute atomic E-state index is 0.198. The summed E-state index contributed by atoms with van der Waals surface area (Å²) in [7, 11) is 0. The van der Waals surface area contributed by atoms with E-state index in [-0.39, 0.29) is 11.8 Å². The Kier molecular flexibility index (Phi) is 1.75. The molecule has 0 amide bonds. The average molecular weight is 197 g/mol. The number of benzene rings is 1. The summed E-state index contributed by atoms with van der Waals surface area (Å²) in [5, 5.41) is 0. The summed E-state index contributed by atoms with van der Waals surface area (Å²) in [6.07, 6.45) is 4.62. The second-order valence-electron chi connectivity index (χ2n) is 3.86. The fraction of sp³-hybridized carbons (Fsp3) is 0.154. The molecule has 1 heterocycles. The van der Waals surface area contributed by atoms with Gasteiger partial charge in [-0.05, 0) is 17.7 Å². The maximum atomic E-state index is 11.8. The summed E-state index contributed by atoms with van der Waals surface area (Å²) < 4.78 is 2.10. The number of carbonyl (C=O) groups excluding carboxylic acids is 1. The number of fused-ring (bicyclic) bond motifs is 1. The molecule has 15 heavy (non-hydrogen) atoms. The molecule has 2 nitrogen and oxygen atoms in total. The van der Waals surface area contributed by atoms with Gasteiger partial charge in [0, 0.05) is 24.4 Å². The standard InChI is InChI=1S/C13H11NO/c15-13-9-12(14-7-3-4-8-14)10-5-1-2-6-11(10)13/h1-8,12H,9H2. The Hall–Kier alpha value is -1.83. The molecule has 1 aliphatic rings. The lowest BCUT2D eigenvalue weighted by atomic mass is 10.1. The van der Waals surface area contributed by atoms with Crippen LogP contribution >= 0.6 is 0 Å². The first-order valence-corrected chi connectivity index (χ1v) is 5.11. The Balaban J connectivity index is 2.13. The van der Waals surface area contributed by atoms with E-state index in [4.69, 9.17) is 0 Å². The summed E-state index contributed by atoms with van der Waals surface area (Å²) in [4.78, 5) is 11.8. The van der Waals surface area contributed by atoms with Crippen molar-refractivity contribution >= 4 is 5.78 Å². The van der Waals surface area contributed by atoms with Crippen LogP contribution < -0.4 is 0 Å². The molecule has 3 rings (SSSR count). The van der Waals surface area contributed by atoms with E-state index in [9.17, 15) is 4.79 Å². The highest BCUT2D eigenvalue weighted by Gasteiger charge is 2.29. The van der Waals surface area contributed by atoms with Crippen molar-refractivity contribution in [2.75, 3.05) is 0 Å². The van der Waals surface area contributed by atoms with Gasteiger partial charge in [-0.3, -0.25) is 4.79 Å². The van der Waals surface area contributed by atoms with Crippen molar-refractivity contribution in [3.63, 3.8) is 0 Å². The van der Waals surface area contributed by atoms with E-state index in [0.717, 1.165) is 11.1 Å². The van der Waals surface area contributed by atoms with E-state index in [1.165, 1.54) is 0 Å². The molecule has 2 aromatic rings. The van der Waals surface area contributed by atoms with Crippen LogP contribution in [0.15, 0.2) is 48.8 Å². The zero-order valence-corrected chi connectivity index (χ0v) is 8.26. The van der Waals surface area contributed by atoms with E-state index < -0.39 is 0 Å². The summed E-state index contributed by atoms with van der Waals surface area (Å²) in [5.41, 5.74) is 2.04. The van der Waals surface area contributed by atoms with Crippen molar-refractivity contribution in [3.05, 3.63) is 59.9 Å². The number of ketones is 1. The smallest absolute Gasteiger partial charge is 0.165 e. The predicted octanol–water partition coefficient (Wildman–Crippen LogP) is 2.66. The Morgan fingerprint density at radius 1 is 1.07 bits per heavy atom. The van der Waals surface area contributed by atoms with Crippen molar-refractivity contribution in [1.29, 1.82) is 0 Å². The molecule has 0 saturated carbocycles. The predicted molar refractivity (Wildman–Crippen MR) is 58.0 cm³/mol. The zero-order chi connectivity index (χ0) is 10.3. The molecule has 2 heteroatoms. The maximum Gasteiger partial charge on any atom is 0.165 e. The fourth-order valence-electron chi connectivity index (χ4n) is 2.26. The highest BCUT2D eigenvalue weighted by Crippen LogP contribution is 2.33. The van der Waals surface area contributed by atoms with E-state index in [1.807, 2.05) is 48.8 Å². The van der Waals surface area contributed by atoms with Gasteiger partial charge in [0.25, 0.3) is 0 Å². The average Bonchev–Trinajstić information content (AvgIpc) is 2.87. The van der Waals surface area contributed by atoms with Gasteiger partial charge in [-0.25, -0.2) is 0 Å². The normalized spacial score (nSPS) is 19.2. The largest absolute Gasteiger partial charge is 0.346 e. The molecule has 0 bridgehead atoms. The molecule has 1 aliphatic carbocycles. The minimum Gasteiger partial charge on any atom is -0.346 e. The lowest BCUT2D eigenvalue weighted by Crippen LogP contribution is -2.04. The Morgan fingerprint density at radius 2 is 1.80 bits per heavy atom. The Labute approximate surface area is 88.2 Å². The van der Waals surface area contributed by atoms with Crippen LogP contribution in [0.3, 0.4) is 0 Å². The second kappa shape index (κ2) is 3.09. The number of hydrogen-bond acceptors (Lipinski definition) is 1. The third-order valence-corrected chi connectivity index (χ3v) is 2.99. The molecule has 1 atom stereocenters. The Bertz CT molecular complexity index is 499. The Morgan fingerprint density at radius 3 is 2.60 bits per heavy atom. The van der Waals surface area contributed by atoms with Crippen LogP contribution in [0.4, 0.5) is 0 Å². The van der Waals surface area contributed by atoms with Crippen LogP contribution in [-0.4, -0.2) is 10.4 Å². The van der Waals surface area contributed by atoms with Crippen LogP contribution in [0.5, 0.6) is 0 Å². The fourth-order valence-corrected chi connectivity index (χ4v) is 2.26. The van der Waals surface area contributed by atoms with Crippen molar-refractivity contribution in [2.24, 2.45) is 0 Å². The molecule has 74 valence electrons. The van der Waals surface area contributed by atoms with E-state index >= 15 is 0 Å². The van der Waals surface area contributed by atoms with Crippen molar-refractivity contribution in [1.82, 2.24) is 4.57 Å². The molecule has 0 fully saturated rings. The zero-order valence-electron chi connectivity index (χ0n) is 8.26. The third-order valence-electron chi connectivity index (χ3n) is 2.99. The number of aromatic nitrogens is 1. The molecular weight excluding hydrogens is 186 g/mol. The molecular formula is C13H11NO. The number of nitrogens with zero attached hydrogens (tertiary/aromatic N) is 1. The first-order valence-electron chi connectivity index (χ1n) is 5.11. The molecule has 0 N–H and O–H groups in total. The summed E-state index contributed by atoms with van der Waals surface area (Å²) in [6.45, 7) is 0. The molecule has 1 unspecified atom stereocenters. The summed E-state index contributed by atoms with van der Waals surface area (Å²) >= 11 is 0. The first kappa shape index (κ1) is 8.48. The maximum absolute atomic E-state index is 11.8. The lowest BCUT2D eigenvalue weighted by Gasteiger charge is -2.12. The number of hydrogen-bond donors (Lipinski definition) is 0. The topological polar surface area (TPSA) is 22.0 Å². The van der Waals surface area contributed by atoms with Gasteiger partial charge in [-0.2, -0.15) is 0 Å². The monoisotopic (exact) mass is 197 g/mol. The minimum atomic E-state index is 0.198. The second-order valence-corrected chi connectivity index (χ2v) is 3.86. The van der Waals surface area contributed by atoms with Gasteiger partial charge in [0.05, 0.1) is 6.04 Å². The molecule has 0 spiro atoms. The molecule has 1 aromatic heterocycles. The third kappa shape index (κ3) is 1.22. The van der Waals surface area contributed by atoms with Gasteiger partial charge < -0.3 is 4.57 Å². The van der Waals surface area contributed by atoms with E-state index in [1.54, 1.807) is 0 Å². The van der Waals surface area contributed by atoms with Crippen LogP contribution in [-0.2, 0) is 0 Å². The SMILES string of the molecule is O=C1CC(n2cccc2)c2ccccc21. The van der Waals surface area contributed by atoms with Crippen LogP contribution in [0.2, 0.25) is 0 Å². The number of Topliss-reactive ketones (excluding diaryl/α,β-unsaturated/α-hetero) is 1. The van der Waals surface area contributed by atoms with Gasteiger partial charge in [0.15, 0.2) is 5.78 Å². The van der Waals surface area contributed by atoms with Gasteiger partial charge >= 0.3 is 0 Å². The van der Waals surface area contributed by atoms with Crippen LogP contribution in [0.1, 0.15) is 28.4 Å². The van der Waals surface area contributed by atoms with Gasteiger partial charge in [0.1, 0.15) is 0 Å². The molecule has 0 radical (unpaired) electrons.